The van der Waals surface area contributed by atoms with E-state index in [0.29, 0.717) is 6.61 Å². The van der Waals surface area contributed by atoms with Gasteiger partial charge in [-0.05, 0) is 55.5 Å². The van der Waals surface area contributed by atoms with Crippen molar-refractivity contribution in [3.63, 3.8) is 0 Å². The first-order chi connectivity index (χ1) is 10.6. The Balaban J connectivity index is 1.77. The van der Waals surface area contributed by atoms with E-state index in [-0.39, 0.29) is 6.61 Å². The number of aliphatic hydroxyl groups is 1. The Morgan fingerprint density at radius 3 is 2.73 bits per heavy atom. The van der Waals surface area contributed by atoms with E-state index in [9.17, 15) is 5.11 Å². The Labute approximate surface area is 131 Å². The van der Waals surface area contributed by atoms with Crippen LogP contribution in [-0.2, 0) is 13.0 Å². The molecule has 1 aliphatic heterocycles. The molecule has 0 saturated carbocycles. The highest BCUT2D eigenvalue weighted by Gasteiger charge is 2.32. The highest BCUT2D eigenvalue weighted by Crippen LogP contribution is 2.38. The van der Waals surface area contributed by atoms with Crippen LogP contribution in [-0.4, -0.2) is 17.3 Å². The first kappa shape index (κ1) is 14.9. The minimum Gasteiger partial charge on any atom is -0.489 e. The summed E-state index contributed by atoms with van der Waals surface area (Å²) in [6, 6.07) is 14.2. The van der Waals surface area contributed by atoms with Gasteiger partial charge < -0.3 is 14.6 Å². The molecule has 3 rings (SSSR count). The van der Waals surface area contributed by atoms with Crippen molar-refractivity contribution in [3.8, 4) is 11.5 Å². The Kier molecular flexibility index (Phi) is 4.08. The Morgan fingerprint density at radius 1 is 1.23 bits per heavy atom. The molecule has 0 radical (unpaired) electrons. The summed E-state index contributed by atoms with van der Waals surface area (Å²) in [5.74, 6) is 1.77. The number of rotatable bonds is 4. The second-order valence-electron chi connectivity index (χ2n) is 6.21. The van der Waals surface area contributed by atoms with E-state index in [1.807, 2.05) is 38.1 Å². The molecule has 2 aromatic carbocycles. The van der Waals surface area contributed by atoms with E-state index in [2.05, 4.69) is 18.2 Å². The summed E-state index contributed by atoms with van der Waals surface area (Å²) in [4.78, 5) is 0. The van der Waals surface area contributed by atoms with E-state index in [1.165, 1.54) is 0 Å². The molecule has 0 aliphatic carbocycles. The fourth-order valence-corrected chi connectivity index (χ4v) is 2.77. The maximum atomic E-state index is 9.48. The van der Waals surface area contributed by atoms with Gasteiger partial charge in [-0.1, -0.05) is 30.3 Å². The average Bonchev–Trinajstić information content (AvgIpc) is 2.55. The molecule has 0 unspecified atom stereocenters. The van der Waals surface area contributed by atoms with Crippen molar-refractivity contribution in [1.82, 2.24) is 0 Å². The molecule has 3 nitrogen and oxygen atoms in total. The van der Waals surface area contributed by atoms with Gasteiger partial charge in [0.15, 0.2) is 0 Å². The fraction of sp³-hybridized carbons (Fsp3) is 0.368. The normalized spacial score (nSPS) is 20.1. The highest BCUT2D eigenvalue weighted by molar-refractivity contribution is 5.48. The van der Waals surface area contributed by atoms with Crippen molar-refractivity contribution in [2.24, 2.45) is 0 Å². The lowest BCUT2D eigenvalue weighted by Gasteiger charge is -2.35. The van der Waals surface area contributed by atoms with Crippen molar-refractivity contribution in [2.75, 3.05) is 6.61 Å². The Morgan fingerprint density at radius 2 is 2.00 bits per heavy atom. The molecule has 1 atom stereocenters. The Hall–Kier alpha value is -2.00. The predicted octanol–water partition coefficient (Wildman–Crippen LogP) is 3.65. The summed E-state index contributed by atoms with van der Waals surface area (Å²) in [5, 5.41) is 9.48. The second kappa shape index (κ2) is 6.01. The van der Waals surface area contributed by atoms with Gasteiger partial charge in [0.2, 0.25) is 0 Å². The molecule has 2 aromatic rings. The molecule has 0 amide bonds. The lowest BCUT2D eigenvalue weighted by molar-refractivity contribution is 0.00739. The maximum absolute atomic E-state index is 9.48. The molecule has 1 heterocycles. The van der Waals surface area contributed by atoms with Crippen LogP contribution >= 0.6 is 0 Å². The second-order valence-corrected chi connectivity index (χ2v) is 6.21. The largest absolute Gasteiger partial charge is 0.489 e. The van der Waals surface area contributed by atoms with Gasteiger partial charge in [0.25, 0.3) is 0 Å². The number of hydrogen-bond donors (Lipinski definition) is 1. The summed E-state index contributed by atoms with van der Waals surface area (Å²) in [6.45, 7) is 4.58. The van der Waals surface area contributed by atoms with Crippen molar-refractivity contribution < 1.29 is 14.6 Å². The van der Waals surface area contributed by atoms with Crippen molar-refractivity contribution in [2.45, 2.75) is 38.9 Å². The summed E-state index contributed by atoms with van der Waals surface area (Å²) >= 11 is 0. The van der Waals surface area contributed by atoms with Crippen LogP contribution < -0.4 is 9.47 Å². The van der Waals surface area contributed by atoms with Gasteiger partial charge in [-0.25, -0.2) is 0 Å². The fourth-order valence-electron chi connectivity index (χ4n) is 2.77. The quantitative estimate of drug-likeness (QED) is 0.936. The minimum absolute atomic E-state index is 0.0398. The first-order valence-corrected chi connectivity index (χ1v) is 7.70. The van der Waals surface area contributed by atoms with Crippen LogP contribution in [0.2, 0.25) is 0 Å². The Bertz CT molecular complexity index is 651. The molecule has 0 saturated heterocycles. The summed E-state index contributed by atoms with van der Waals surface area (Å²) in [6.07, 6.45) is 1.72. The van der Waals surface area contributed by atoms with E-state index in [4.69, 9.17) is 9.47 Å². The van der Waals surface area contributed by atoms with Crippen LogP contribution in [0.1, 0.15) is 30.0 Å². The van der Waals surface area contributed by atoms with Crippen molar-refractivity contribution >= 4 is 0 Å². The summed E-state index contributed by atoms with van der Waals surface area (Å²) in [7, 11) is 0. The third kappa shape index (κ3) is 3.09. The number of aliphatic hydroxyl groups excluding tert-OH is 1. The monoisotopic (exact) mass is 298 g/mol. The third-order valence-electron chi connectivity index (χ3n) is 4.18. The van der Waals surface area contributed by atoms with Crippen LogP contribution in [0.4, 0.5) is 0 Å². The molecule has 0 aromatic heterocycles. The lowest BCUT2D eigenvalue weighted by Crippen LogP contribution is -2.40. The van der Waals surface area contributed by atoms with Gasteiger partial charge in [0, 0.05) is 0 Å². The number of hydrogen-bond acceptors (Lipinski definition) is 3. The lowest BCUT2D eigenvalue weighted by atomic mass is 9.92. The minimum atomic E-state index is -0.468. The number of ether oxygens (including phenoxy) is 2. The van der Waals surface area contributed by atoms with Crippen LogP contribution in [0.25, 0.3) is 0 Å². The smallest absolute Gasteiger partial charge is 0.129 e. The molecule has 1 N–H and O–H groups in total. The molecule has 0 spiro atoms. The van der Waals surface area contributed by atoms with E-state index >= 15 is 0 Å². The number of benzene rings is 2. The molecule has 3 heteroatoms. The van der Waals surface area contributed by atoms with Gasteiger partial charge in [-0.3, -0.25) is 0 Å². The topological polar surface area (TPSA) is 38.7 Å². The number of fused-ring (bicyclic) bond motifs is 1. The van der Waals surface area contributed by atoms with Crippen LogP contribution in [0, 0.1) is 6.92 Å². The zero-order valence-electron chi connectivity index (χ0n) is 13.1. The molecule has 22 heavy (non-hydrogen) atoms. The van der Waals surface area contributed by atoms with Gasteiger partial charge >= 0.3 is 0 Å². The zero-order chi connectivity index (χ0) is 15.6. The van der Waals surface area contributed by atoms with Crippen LogP contribution in [0.5, 0.6) is 11.5 Å². The predicted molar refractivity (Wildman–Crippen MR) is 86.4 cm³/mol. The molecule has 0 bridgehead atoms. The molecular weight excluding hydrogens is 276 g/mol. The average molecular weight is 298 g/mol. The SMILES string of the molecule is Cc1cc(OCc2ccccc2)cc2c1O[C@](C)(CO)CC2. The molecule has 116 valence electrons. The number of aryl methyl sites for hydroxylation is 2. The van der Waals surface area contributed by atoms with Crippen LogP contribution in [0.15, 0.2) is 42.5 Å². The van der Waals surface area contributed by atoms with Gasteiger partial charge in [0.1, 0.15) is 23.7 Å². The van der Waals surface area contributed by atoms with E-state index in [1.54, 1.807) is 0 Å². The van der Waals surface area contributed by atoms with E-state index in [0.717, 1.165) is 41.0 Å². The summed E-state index contributed by atoms with van der Waals surface area (Å²) < 4.78 is 11.9. The van der Waals surface area contributed by atoms with Gasteiger partial charge in [-0.15, -0.1) is 0 Å². The van der Waals surface area contributed by atoms with Crippen molar-refractivity contribution in [3.05, 3.63) is 59.2 Å². The van der Waals surface area contributed by atoms with E-state index < -0.39 is 5.60 Å². The summed E-state index contributed by atoms with van der Waals surface area (Å²) in [5.41, 5.74) is 2.90. The van der Waals surface area contributed by atoms with Gasteiger partial charge in [-0.2, -0.15) is 0 Å². The maximum Gasteiger partial charge on any atom is 0.129 e. The third-order valence-corrected chi connectivity index (χ3v) is 4.18. The zero-order valence-corrected chi connectivity index (χ0v) is 13.1. The molecular formula is C19H22O3. The first-order valence-electron chi connectivity index (χ1n) is 7.70. The van der Waals surface area contributed by atoms with Crippen LogP contribution in [0.3, 0.4) is 0 Å². The standard InChI is InChI=1S/C19H22O3/c1-14-10-17(21-12-15-6-4-3-5-7-15)11-16-8-9-19(2,13-20)22-18(14)16/h3-7,10-11,20H,8-9,12-13H2,1-2H3/t19-/m0/s1. The van der Waals surface area contributed by atoms with Gasteiger partial charge in [0.05, 0.1) is 6.61 Å². The highest BCUT2D eigenvalue weighted by atomic mass is 16.5. The van der Waals surface area contributed by atoms with Crippen molar-refractivity contribution in [1.29, 1.82) is 0 Å². The molecule has 0 fully saturated rings. The molecule has 1 aliphatic rings.